The van der Waals surface area contributed by atoms with Crippen LogP contribution in [0.25, 0.3) is 0 Å². The van der Waals surface area contributed by atoms with E-state index in [4.69, 9.17) is 5.73 Å². The minimum absolute atomic E-state index is 0.202. The van der Waals surface area contributed by atoms with Crippen LogP contribution in [0.1, 0.15) is 20.3 Å². The molecular formula is C11H24N4S. The van der Waals surface area contributed by atoms with Gasteiger partial charge in [0, 0.05) is 17.3 Å². The van der Waals surface area contributed by atoms with E-state index in [1.165, 1.54) is 12.2 Å². The largest absolute Gasteiger partial charge is 0.370 e. The number of nitrogens with zero attached hydrogens (tertiary/aromatic N) is 2. The minimum Gasteiger partial charge on any atom is -0.370 e. The molecule has 0 amide bonds. The molecule has 1 fully saturated rings. The van der Waals surface area contributed by atoms with Crippen molar-refractivity contribution in [2.24, 2.45) is 10.7 Å². The lowest BCUT2D eigenvalue weighted by Crippen LogP contribution is -2.48. The van der Waals surface area contributed by atoms with Gasteiger partial charge in [-0.25, -0.2) is 0 Å². The highest BCUT2D eigenvalue weighted by molar-refractivity contribution is 7.99. The number of nitrogens with two attached hydrogens (primary N) is 1. The fraction of sp³-hybridized carbons (Fsp3) is 0.909. The Morgan fingerprint density at radius 2 is 2.25 bits per heavy atom. The quantitative estimate of drug-likeness (QED) is 0.566. The predicted molar refractivity (Wildman–Crippen MR) is 73.1 cm³/mol. The van der Waals surface area contributed by atoms with Crippen LogP contribution in [0, 0.1) is 0 Å². The van der Waals surface area contributed by atoms with E-state index in [0.717, 1.165) is 12.3 Å². The third-order valence-electron chi connectivity index (χ3n) is 3.01. The second-order valence-electron chi connectivity index (χ2n) is 4.92. The zero-order valence-corrected chi connectivity index (χ0v) is 11.6. The maximum absolute atomic E-state index is 5.83. The molecule has 1 atom stereocenters. The zero-order chi connectivity index (χ0) is 12.2. The van der Waals surface area contributed by atoms with E-state index < -0.39 is 0 Å². The van der Waals surface area contributed by atoms with E-state index in [1.54, 1.807) is 0 Å². The molecule has 0 aromatic heterocycles. The number of hydrogen-bond donors (Lipinski definition) is 2. The van der Waals surface area contributed by atoms with Crippen LogP contribution in [-0.4, -0.2) is 54.6 Å². The van der Waals surface area contributed by atoms with Crippen molar-refractivity contribution in [1.29, 1.82) is 0 Å². The van der Waals surface area contributed by atoms with Crippen molar-refractivity contribution in [3.05, 3.63) is 0 Å². The summed E-state index contributed by atoms with van der Waals surface area (Å²) in [6, 6.07) is 0.344. The summed E-state index contributed by atoms with van der Waals surface area (Å²) in [4.78, 5) is 6.76. The lowest BCUT2D eigenvalue weighted by Gasteiger charge is -2.34. The first-order valence-electron chi connectivity index (χ1n) is 5.78. The molecular weight excluding hydrogens is 220 g/mol. The average Bonchev–Trinajstić information content (AvgIpc) is 2.63. The van der Waals surface area contributed by atoms with Crippen molar-refractivity contribution in [3.63, 3.8) is 0 Å². The van der Waals surface area contributed by atoms with E-state index >= 15 is 0 Å². The molecule has 0 spiro atoms. The smallest absolute Gasteiger partial charge is 0.188 e. The minimum atomic E-state index is 0.202. The maximum Gasteiger partial charge on any atom is 0.188 e. The highest BCUT2D eigenvalue weighted by Crippen LogP contribution is 2.32. The summed E-state index contributed by atoms with van der Waals surface area (Å²) in [5.74, 6) is 2.94. The van der Waals surface area contributed by atoms with Crippen molar-refractivity contribution < 1.29 is 0 Å². The standard InChI is InChI=1S/C11H24N4S/c1-9(2)14-10(12)13-7-11(15(3)4)5-6-16-8-11/h9H,5-8H2,1-4H3,(H3,12,13,14). The Kier molecular flexibility index (Phi) is 4.92. The van der Waals surface area contributed by atoms with Crippen LogP contribution in [0.15, 0.2) is 4.99 Å². The van der Waals surface area contributed by atoms with Crippen LogP contribution in [0.2, 0.25) is 0 Å². The van der Waals surface area contributed by atoms with Crippen LogP contribution in [0.4, 0.5) is 0 Å². The second kappa shape index (κ2) is 5.77. The molecule has 1 aliphatic rings. The van der Waals surface area contributed by atoms with Crippen molar-refractivity contribution in [2.45, 2.75) is 31.8 Å². The first-order valence-corrected chi connectivity index (χ1v) is 6.93. The number of aliphatic imine (C=N–C) groups is 1. The molecule has 4 nitrogen and oxygen atoms in total. The summed E-state index contributed by atoms with van der Waals surface area (Å²) in [6.45, 7) is 4.92. The number of rotatable bonds is 4. The van der Waals surface area contributed by atoms with Gasteiger partial charge in [-0.3, -0.25) is 4.99 Å². The van der Waals surface area contributed by atoms with Crippen LogP contribution < -0.4 is 11.1 Å². The van der Waals surface area contributed by atoms with Crippen LogP contribution in [0.3, 0.4) is 0 Å². The topological polar surface area (TPSA) is 53.6 Å². The Morgan fingerprint density at radius 3 is 2.69 bits per heavy atom. The molecule has 0 aliphatic carbocycles. The fourth-order valence-electron chi connectivity index (χ4n) is 1.79. The van der Waals surface area contributed by atoms with Gasteiger partial charge in [0.2, 0.25) is 0 Å². The van der Waals surface area contributed by atoms with Crippen LogP contribution in [0.5, 0.6) is 0 Å². The van der Waals surface area contributed by atoms with Crippen molar-refractivity contribution in [1.82, 2.24) is 10.2 Å². The van der Waals surface area contributed by atoms with Gasteiger partial charge in [0.05, 0.1) is 6.54 Å². The van der Waals surface area contributed by atoms with Crippen LogP contribution in [-0.2, 0) is 0 Å². The highest BCUT2D eigenvalue weighted by atomic mass is 32.2. The van der Waals surface area contributed by atoms with Crippen LogP contribution >= 0.6 is 11.8 Å². The molecule has 3 N–H and O–H groups in total. The Morgan fingerprint density at radius 1 is 1.56 bits per heavy atom. The molecule has 0 aromatic carbocycles. The second-order valence-corrected chi connectivity index (χ2v) is 6.03. The first kappa shape index (κ1) is 13.6. The summed E-state index contributed by atoms with van der Waals surface area (Å²) < 4.78 is 0. The van der Waals surface area contributed by atoms with Gasteiger partial charge < -0.3 is 16.0 Å². The number of nitrogens with one attached hydrogen (secondary N) is 1. The third-order valence-corrected chi connectivity index (χ3v) is 4.25. The Balaban J connectivity index is 2.56. The Hall–Kier alpha value is -0.420. The maximum atomic E-state index is 5.83. The summed E-state index contributed by atoms with van der Waals surface area (Å²) in [5.41, 5.74) is 6.03. The van der Waals surface area contributed by atoms with Gasteiger partial charge >= 0.3 is 0 Å². The molecule has 16 heavy (non-hydrogen) atoms. The van der Waals surface area contributed by atoms with Gasteiger partial charge in [-0.15, -0.1) is 0 Å². The molecule has 1 saturated heterocycles. The van der Waals surface area contributed by atoms with Crippen molar-refractivity contribution >= 4 is 17.7 Å². The lowest BCUT2D eigenvalue weighted by molar-refractivity contribution is 0.190. The molecule has 1 rings (SSSR count). The number of likely N-dealkylation sites (N-methyl/N-ethyl adjacent to an activating group) is 1. The van der Waals surface area contributed by atoms with Gasteiger partial charge in [0.1, 0.15) is 0 Å². The summed E-state index contributed by atoms with van der Waals surface area (Å²) in [5, 5.41) is 3.13. The molecule has 0 bridgehead atoms. The Labute approximate surface area is 103 Å². The summed E-state index contributed by atoms with van der Waals surface area (Å²) >= 11 is 2.00. The van der Waals surface area contributed by atoms with Crippen molar-refractivity contribution in [3.8, 4) is 0 Å². The molecule has 1 unspecified atom stereocenters. The zero-order valence-electron chi connectivity index (χ0n) is 10.8. The third kappa shape index (κ3) is 3.56. The molecule has 1 heterocycles. The molecule has 1 aliphatic heterocycles. The molecule has 0 saturated carbocycles. The summed E-state index contributed by atoms with van der Waals surface area (Å²) in [7, 11) is 4.26. The fourth-order valence-corrected chi connectivity index (χ4v) is 3.33. The molecule has 94 valence electrons. The van der Waals surface area contributed by atoms with E-state index in [1.807, 2.05) is 11.8 Å². The van der Waals surface area contributed by atoms with Gasteiger partial charge in [0.25, 0.3) is 0 Å². The van der Waals surface area contributed by atoms with Gasteiger partial charge in [-0.05, 0) is 40.1 Å². The molecule has 0 aromatic rings. The lowest BCUT2D eigenvalue weighted by atomic mass is 9.98. The number of hydrogen-bond acceptors (Lipinski definition) is 3. The van der Waals surface area contributed by atoms with Gasteiger partial charge in [0.15, 0.2) is 5.96 Å². The van der Waals surface area contributed by atoms with E-state index in [9.17, 15) is 0 Å². The van der Waals surface area contributed by atoms with E-state index in [0.29, 0.717) is 12.0 Å². The highest BCUT2D eigenvalue weighted by Gasteiger charge is 2.36. The summed E-state index contributed by atoms with van der Waals surface area (Å²) in [6.07, 6.45) is 1.20. The first-order chi connectivity index (χ1) is 7.46. The average molecular weight is 244 g/mol. The van der Waals surface area contributed by atoms with Gasteiger partial charge in [-0.2, -0.15) is 11.8 Å². The van der Waals surface area contributed by atoms with E-state index in [2.05, 4.69) is 43.2 Å². The molecule has 0 radical (unpaired) electrons. The monoisotopic (exact) mass is 244 g/mol. The normalized spacial score (nSPS) is 26.8. The Bertz CT molecular complexity index is 244. The van der Waals surface area contributed by atoms with Crippen molar-refractivity contribution in [2.75, 3.05) is 32.1 Å². The van der Waals surface area contributed by atoms with Gasteiger partial charge in [-0.1, -0.05) is 0 Å². The SMILES string of the molecule is CC(C)NC(N)=NCC1(N(C)C)CCSC1. The van der Waals surface area contributed by atoms with E-state index in [-0.39, 0.29) is 5.54 Å². The number of thioether (sulfide) groups is 1. The number of guanidine groups is 1. The molecule has 5 heteroatoms. The predicted octanol–water partition coefficient (Wildman–Crippen LogP) is 0.736.